The number of halogens is 2. The van der Waals surface area contributed by atoms with Crippen LogP contribution in [0.4, 0.5) is 4.39 Å². The average Bonchev–Trinajstić information content (AvgIpc) is 3.06. The molecule has 0 atom stereocenters. The predicted molar refractivity (Wildman–Crippen MR) is 116 cm³/mol. The summed E-state index contributed by atoms with van der Waals surface area (Å²) in [5, 5.41) is 0.743. The van der Waals surface area contributed by atoms with E-state index in [1.807, 2.05) is 19.2 Å². The van der Waals surface area contributed by atoms with Gasteiger partial charge in [-0.2, -0.15) is 0 Å². The third-order valence-corrected chi connectivity index (χ3v) is 6.88. The minimum Gasteiger partial charge on any atom is -0.316 e. The quantitative estimate of drug-likeness (QED) is 0.553. The number of likely N-dealkylation sites (tertiary alicyclic amines) is 1. The molecule has 4 nitrogen and oxygen atoms in total. The molecule has 7 heteroatoms. The lowest BCUT2D eigenvalue weighted by molar-refractivity contribution is 0.0890. The number of piperidine rings is 1. The molecule has 1 fully saturated rings. The standard InChI is InChI=1S/C22H23ClFN3OS/c1-25-22-27(19-7-4-17(23)12-21(19)29-22)13-15-8-10-26(11-9-15)14-20(28)16-2-5-18(24)6-3-16/h2-7,12,15H,8-11,13-14H2,1H3. The highest BCUT2D eigenvalue weighted by Gasteiger charge is 2.22. The van der Waals surface area contributed by atoms with Crippen molar-refractivity contribution in [2.24, 2.45) is 10.9 Å². The zero-order valence-electron chi connectivity index (χ0n) is 16.3. The number of carbonyl (C=O) groups excluding carboxylic acids is 1. The number of fused-ring (bicyclic) bond motifs is 1. The van der Waals surface area contributed by atoms with Crippen molar-refractivity contribution in [3.63, 3.8) is 0 Å². The van der Waals surface area contributed by atoms with Crippen LogP contribution in [0.1, 0.15) is 23.2 Å². The maximum atomic E-state index is 13.0. The van der Waals surface area contributed by atoms with Gasteiger partial charge in [-0.15, -0.1) is 0 Å². The molecule has 3 aromatic rings. The molecular weight excluding hydrogens is 409 g/mol. The normalized spacial score (nSPS) is 16.6. The van der Waals surface area contributed by atoms with Crippen LogP contribution in [-0.4, -0.2) is 41.9 Å². The van der Waals surface area contributed by atoms with Gasteiger partial charge in [0, 0.05) is 24.2 Å². The number of thiazole rings is 1. The highest BCUT2D eigenvalue weighted by atomic mass is 35.5. The molecule has 29 heavy (non-hydrogen) atoms. The molecule has 2 heterocycles. The fourth-order valence-electron chi connectivity index (χ4n) is 3.91. The maximum absolute atomic E-state index is 13.0. The first-order chi connectivity index (χ1) is 14.0. The summed E-state index contributed by atoms with van der Waals surface area (Å²) in [6, 6.07) is 11.8. The number of aromatic nitrogens is 1. The summed E-state index contributed by atoms with van der Waals surface area (Å²) < 4.78 is 16.5. The smallest absolute Gasteiger partial charge is 0.185 e. The molecule has 1 aliphatic rings. The van der Waals surface area contributed by atoms with E-state index < -0.39 is 0 Å². The van der Waals surface area contributed by atoms with Crippen LogP contribution in [0.3, 0.4) is 0 Å². The van der Waals surface area contributed by atoms with Gasteiger partial charge in [-0.25, -0.2) is 4.39 Å². The van der Waals surface area contributed by atoms with E-state index in [2.05, 4.69) is 20.5 Å². The second kappa shape index (κ2) is 8.78. The van der Waals surface area contributed by atoms with E-state index in [0.717, 1.165) is 47.0 Å². The van der Waals surface area contributed by atoms with Crippen LogP contribution in [0.5, 0.6) is 0 Å². The fourth-order valence-corrected chi connectivity index (χ4v) is 5.18. The Morgan fingerprint density at radius 3 is 2.62 bits per heavy atom. The van der Waals surface area contributed by atoms with Gasteiger partial charge in [0.05, 0.1) is 16.8 Å². The monoisotopic (exact) mass is 431 g/mol. The van der Waals surface area contributed by atoms with E-state index in [1.165, 1.54) is 17.6 Å². The summed E-state index contributed by atoms with van der Waals surface area (Å²) in [6.45, 7) is 3.10. The second-order valence-corrected chi connectivity index (χ2v) is 8.93. The maximum Gasteiger partial charge on any atom is 0.185 e. The number of carbonyl (C=O) groups is 1. The Bertz CT molecular complexity index is 1080. The van der Waals surface area contributed by atoms with Crippen molar-refractivity contribution in [1.29, 1.82) is 0 Å². The molecule has 0 aliphatic carbocycles. The first-order valence-electron chi connectivity index (χ1n) is 9.76. The molecule has 0 saturated carbocycles. The Balaban J connectivity index is 1.39. The molecule has 0 spiro atoms. The van der Waals surface area contributed by atoms with Crippen molar-refractivity contribution < 1.29 is 9.18 Å². The summed E-state index contributed by atoms with van der Waals surface area (Å²) in [5.74, 6) is 0.276. The molecule has 1 aliphatic heterocycles. The molecule has 152 valence electrons. The molecular formula is C22H23ClFN3OS. The van der Waals surface area contributed by atoms with E-state index in [4.69, 9.17) is 11.6 Å². The van der Waals surface area contributed by atoms with Crippen molar-refractivity contribution in [3.05, 3.63) is 63.7 Å². The number of nitrogens with zero attached hydrogens (tertiary/aromatic N) is 3. The number of benzene rings is 2. The van der Waals surface area contributed by atoms with Gasteiger partial charge in [0.1, 0.15) is 5.82 Å². The first-order valence-corrected chi connectivity index (χ1v) is 11.0. The van der Waals surface area contributed by atoms with Crippen molar-refractivity contribution in [1.82, 2.24) is 9.47 Å². The molecule has 0 N–H and O–H groups in total. The average molecular weight is 432 g/mol. The third kappa shape index (κ3) is 4.60. The van der Waals surface area contributed by atoms with Crippen LogP contribution in [-0.2, 0) is 6.54 Å². The Labute approximate surface area is 178 Å². The van der Waals surface area contributed by atoms with Gasteiger partial charge in [0.15, 0.2) is 10.6 Å². The van der Waals surface area contributed by atoms with E-state index in [0.29, 0.717) is 18.0 Å². The van der Waals surface area contributed by atoms with Gasteiger partial charge >= 0.3 is 0 Å². The number of ketones is 1. The Kier molecular flexibility index (Phi) is 6.13. The lowest BCUT2D eigenvalue weighted by Gasteiger charge is -2.31. The van der Waals surface area contributed by atoms with Crippen LogP contribution < -0.4 is 4.80 Å². The Morgan fingerprint density at radius 2 is 1.93 bits per heavy atom. The molecule has 0 unspecified atom stereocenters. The largest absolute Gasteiger partial charge is 0.316 e. The number of hydrogen-bond donors (Lipinski definition) is 0. The van der Waals surface area contributed by atoms with Gasteiger partial charge < -0.3 is 4.57 Å². The second-order valence-electron chi connectivity index (χ2n) is 7.48. The third-order valence-electron chi connectivity index (χ3n) is 5.52. The molecule has 0 bridgehead atoms. The summed E-state index contributed by atoms with van der Waals surface area (Å²) in [6.07, 6.45) is 2.08. The molecule has 1 aromatic heterocycles. The van der Waals surface area contributed by atoms with Gasteiger partial charge in [0.25, 0.3) is 0 Å². The molecule has 4 rings (SSSR count). The zero-order chi connectivity index (χ0) is 20.4. The zero-order valence-corrected chi connectivity index (χ0v) is 17.8. The van der Waals surface area contributed by atoms with E-state index in [9.17, 15) is 9.18 Å². The predicted octanol–water partition coefficient (Wildman–Crippen LogP) is 4.62. The van der Waals surface area contributed by atoms with Crippen LogP contribution in [0.25, 0.3) is 10.2 Å². The lowest BCUT2D eigenvalue weighted by atomic mass is 9.96. The molecule has 0 radical (unpaired) electrons. The van der Waals surface area contributed by atoms with Crippen molar-refractivity contribution in [3.8, 4) is 0 Å². The summed E-state index contributed by atoms with van der Waals surface area (Å²) in [4.78, 5) is 20.1. The number of Topliss-reactive ketones (excluding diaryl/α,β-unsaturated/α-hetero) is 1. The van der Waals surface area contributed by atoms with Crippen molar-refractivity contribution in [2.45, 2.75) is 19.4 Å². The summed E-state index contributed by atoms with van der Waals surface area (Å²) >= 11 is 7.80. The van der Waals surface area contributed by atoms with Gasteiger partial charge in [-0.3, -0.25) is 14.7 Å². The minimum absolute atomic E-state index is 0.0469. The highest BCUT2D eigenvalue weighted by Crippen LogP contribution is 2.25. The van der Waals surface area contributed by atoms with Crippen molar-refractivity contribution >= 4 is 38.9 Å². The van der Waals surface area contributed by atoms with E-state index in [-0.39, 0.29) is 11.6 Å². The Morgan fingerprint density at radius 1 is 1.21 bits per heavy atom. The lowest BCUT2D eigenvalue weighted by Crippen LogP contribution is -2.38. The topological polar surface area (TPSA) is 37.6 Å². The number of rotatable bonds is 5. The van der Waals surface area contributed by atoms with Crippen molar-refractivity contribution in [2.75, 3.05) is 26.7 Å². The van der Waals surface area contributed by atoms with Gasteiger partial charge in [-0.05, 0) is 74.3 Å². The van der Waals surface area contributed by atoms with E-state index >= 15 is 0 Å². The molecule has 0 amide bonds. The minimum atomic E-state index is -0.318. The Hall–Kier alpha value is -2.02. The van der Waals surface area contributed by atoms with E-state index in [1.54, 1.807) is 23.5 Å². The molecule has 2 aromatic carbocycles. The number of hydrogen-bond acceptors (Lipinski definition) is 4. The SMILES string of the molecule is CN=c1sc2cc(Cl)ccc2n1CC1CCN(CC(=O)c2ccc(F)cc2)CC1. The highest BCUT2D eigenvalue weighted by molar-refractivity contribution is 7.16. The van der Waals surface area contributed by atoms with Gasteiger partial charge in [0.2, 0.25) is 0 Å². The summed E-state index contributed by atoms with van der Waals surface area (Å²) in [7, 11) is 1.83. The summed E-state index contributed by atoms with van der Waals surface area (Å²) in [5.41, 5.74) is 1.75. The fraction of sp³-hybridized carbons (Fsp3) is 0.364. The van der Waals surface area contributed by atoms with Gasteiger partial charge in [-0.1, -0.05) is 22.9 Å². The van der Waals surface area contributed by atoms with Crippen LogP contribution in [0, 0.1) is 11.7 Å². The molecule has 1 saturated heterocycles. The first kappa shape index (κ1) is 20.3. The van der Waals surface area contributed by atoms with Crippen LogP contribution in [0.2, 0.25) is 5.02 Å². The van der Waals surface area contributed by atoms with Crippen LogP contribution in [0.15, 0.2) is 47.5 Å². The van der Waals surface area contributed by atoms with Crippen LogP contribution >= 0.6 is 22.9 Å².